The molecule has 76 heavy (non-hydrogen) atoms. The smallest absolute Gasteiger partial charge is 0.305 e. The van der Waals surface area contributed by atoms with Crippen molar-refractivity contribution in [1.29, 1.82) is 0 Å². The first kappa shape index (κ1) is 73.8. The topological polar surface area (TPSA) is 95.9 Å². The van der Waals surface area contributed by atoms with Crippen LogP contribution in [0.3, 0.4) is 0 Å². The highest BCUT2D eigenvalue weighted by Crippen LogP contribution is 2.18. The van der Waals surface area contributed by atoms with Gasteiger partial charge in [0, 0.05) is 12.8 Å². The molecule has 2 unspecified atom stereocenters. The van der Waals surface area contributed by atoms with Crippen LogP contribution in [0.15, 0.2) is 48.6 Å². The predicted octanol–water partition coefficient (Wildman–Crippen LogP) is 21.7. The van der Waals surface area contributed by atoms with Gasteiger partial charge in [0.15, 0.2) is 0 Å². The van der Waals surface area contributed by atoms with Crippen molar-refractivity contribution in [3.05, 3.63) is 48.6 Å². The van der Waals surface area contributed by atoms with E-state index in [2.05, 4.69) is 55.6 Å². The highest BCUT2D eigenvalue weighted by atomic mass is 16.5. The molecule has 0 saturated carbocycles. The molecule has 0 rings (SSSR count). The summed E-state index contributed by atoms with van der Waals surface area (Å²) in [7, 11) is 0. The Bertz CT molecular complexity index is 1270. The van der Waals surface area contributed by atoms with Crippen molar-refractivity contribution in [3.8, 4) is 0 Å². The minimum absolute atomic E-state index is 0.00183. The molecule has 0 aromatic carbocycles. The molecule has 0 aliphatic heterocycles. The number of aliphatic hydroxyl groups excluding tert-OH is 2. The molecular weight excluding hydrogens is 935 g/mol. The van der Waals surface area contributed by atoms with E-state index in [1.54, 1.807) is 6.08 Å². The number of hydrogen-bond donors (Lipinski definition) is 3. The van der Waals surface area contributed by atoms with Gasteiger partial charge < -0.3 is 20.3 Å². The quantitative estimate of drug-likeness (QED) is 0.0320. The molecule has 1 amide bonds. The van der Waals surface area contributed by atoms with E-state index in [0.29, 0.717) is 19.4 Å². The molecule has 0 radical (unpaired) electrons. The van der Waals surface area contributed by atoms with Gasteiger partial charge in [-0.15, -0.1) is 0 Å². The summed E-state index contributed by atoms with van der Waals surface area (Å²) < 4.78 is 5.47. The largest absolute Gasteiger partial charge is 0.466 e. The summed E-state index contributed by atoms with van der Waals surface area (Å²) in [6, 6.07) is -0.626. The maximum Gasteiger partial charge on any atom is 0.305 e. The molecule has 0 heterocycles. The summed E-state index contributed by atoms with van der Waals surface area (Å²) in [5.74, 6) is -0.0626. The van der Waals surface area contributed by atoms with Crippen LogP contribution in [0.5, 0.6) is 0 Å². The van der Waals surface area contributed by atoms with Crippen molar-refractivity contribution in [3.63, 3.8) is 0 Å². The lowest BCUT2D eigenvalue weighted by molar-refractivity contribution is -0.143. The van der Waals surface area contributed by atoms with E-state index in [4.69, 9.17) is 4.74 Å². The Balaban J connectivity index is 3.38. The molecule has 0 fully saturated rings. The second kappa shape index (κ2) is 65.3. The monoisotopic (exact) mass is 1070 g/mol. The minimum Gasteiger partial charge on any atom is -0.466 e. The van der Waals surface area contributed by atoms with Crippen LogP contribution >= 0.6 is 0 Å². The zero-order valence-electron chi connectivity index (χ0n) is 51.0. The molecule has 0 spiro atoms. The summed E-state index contributed by atoms with van der Waals surface area (Å²) in [6.07, 6.45) is 84.7. The van der Waals surface area contributed by atoms with Gasteiger partial charge in [0.1, 0.15) is 0 Å². The third kappa shape index (κ3) is 61.0. The molecule has 2 atom stereocenters. The number of amides is 1. The van der Waals surface area contributed by atoms with Gasteiger partial charge in [-0.3, -0.25) is 9.59 Å². The first-order valence-corrected chi connectivity index (χ1v) is 33.9. The van der Waals surface area contributed by atoms with E-state index in [1.165, 1.54) is 283 Å². The van der Waals surface area contributed by atoms with Crippen LogP contribution in [-0.2, 0) is 14.3 Å². The van der Waals surface area contributed by atoms with Crippen LogP contribution in [0, 0.1) is 0 Å². The maximum atomic E-state index is 12.5. The Labute approximate surface area is 474 Å². The highest BCUT2D eigenvalue weighted by Gasteiger charge is 2.18. The van der Waals surface area contributed by atoms with E-state index >= 15 is 0 Å². The summed E-state index contributed by atoms with van der Waals surface area (Å²) >= 11 is 0. The summed E-state index contributed by atoms with van der Waals surface area (Å²) in [5.41, 5.74) is 0. The fourth-order valence-electron chi connectivity index (χ4n) is 10.4. The van der Waals surface area contributed by atoms with Crippen molar-refractivity contribution in [2.24, 2.45) is 0 Å². The molecule has 0 saturated heterocycles. The number of allylic oxidation sites excluding steroid dienone is 7. The summed E-state index contributed by atoms with van der Waals surface area (Å²) in [6.45, 7) is 4.85. The van der Waals surface area contributed by atoms with Crippen molar-refractivity contribution >= 4 is 11.9 Å². The van der Waals surface area contributed by atoms with E-state index in [-0.39, 0.29) is 18.5 Å². The standard InChI is InChI=1S/C70H131NO5/c1-3-5-7-9-11-13-15-17-35-39-42-46-50-54-58-62-68(73)67(66-72)71-69(74)63-59-55-51-47-43-40-36-33-31-29-27-25-23-21-19-18-20-22-24-26-28-30-32-34-37-41-45-49-53-57-61-65-76-70(75)64-60-56-52-48-44-38-16-14-12-10-8-6-4-2/h8,10,14,16,20,22,58,62,67-68,72-73H,3-7,9,11-13,15,17-19,21,23-57,59-61,63-66H2,1-2H3,(H,71,74)/b10-8-,16-14-,22-20-,62-58+. The predicted molar refractivity (Wildman–Crippen MR) is 333 cm³/mol. The van der Waals surface area contributed by atoms with Crippen LogP contribution < -0.4 is 5.32 Å². The second-order valence-corrected chi connectivity index (χ2v) is 23.1. The number of hydrogen-bond acceptors (Lipinski definition) is 5. The Morgan fingerprint density at radius 1 is 0.368 bits per heavy atom. The molecule has 6 nitrogen and oxygen atoms in total. The molecule has 0 aliphatic carbocycles. The van der Waals surface area contributed by atoms with Crippen LogP contribution in [0.2, 0.25) is 0 Å². The first-order valence-electron chi connectivity index (χ1n) is 33.9. The van der Waals surface area contributed by atoms with Crippen LogP contribution in [0.1, 0.15) is 361 Å². The van der Waals surface area contributed by atoms with Gasteiger partial charge in [-0.05, 0) is 83.5 Å². The number of nitrogens with one attached hydrogen (secondary N) is 1. The van der Waals surface area contributed by atoms with Crippen LogP contribution in [-0.4, -0.2) is 47.4 Å². The number of carbonyl (C=O) groups is 2. The lowest BCUT2D eigenvalue weighted by Gasteiger charge is -2.20. The van der Waals surface area contributed by atoms with Crippen molar-refractivity contribution in [2.45, 2.75) is 373 Å². The lowest BCUT2D eigenvalue weighted by atomic mass is 10.0. The van der Waals surface area contributed by atoms with Gasteiger partial charge in [0.05, 0.1) is 25.4 Å². The van der Waals surface area contributed by atoms with E-state index in [0.717, 1.165) is 51.4 Å². The maximum absolute atomic E-state index is 12.5. The van der Waals surface area contributed by atoms with Gasteiger partial charge in [0.25, 0.3) is 0 Å². The van der Waals surface area contributed by atoms with E-state index < -0.39 is 12.1 Å². The van der Waals surface area contributed by atoms with Gasteiger partial charge in [-0.25, -0.2) is 0 Å². The minimum atomic E-state index is -0.843. The summed E-state index contributed by atoms with van der Waals surface area (Å²) in [5, 5.41) is 23.2. The molecule has 446 valence electrons. The Hall–Kier alpha value is -2.18. The van der Waals surface area contributed by atoms with Crippen molar-refractivity contribution in [1.82, 2.24) is 5.32 Å². The molecule has 0 bridgehead atoms. The fourth-order valence-corrected chi connectivity index (χ4v) is 10.4. The van der Waals surface area contributed by atoms with Crippen molar-refractivity contribution < 1.29 is 24.5 Å². The number of rotatable bonds is 63. The van der Waals surface area contributed by atoms with Gasteiger partial charge >= 0.3 is 5.97 Å². The molecule has 3 N–H and O–H groups in total. The van der Waals surface area contributed by atoms with Gasteiger partial charge in [-0.2, -0.15) is 0 Å². The number of carbonyl (C=O) groups excluding carboxylic acids is 2. The van der Waals surface area contributed by atoms with Crippen LogP contribution in [0.25, 0.3) is 0 Å². The third-order valence-electron chi connectivity index (χ3n) is 15.5. The lowest BCUT2D eigenvalue weighted by Crippen LogP contribution is -2.45. The highest BCUT2D eigenvalue weighted by molar-refractivity contribution is 5.76. The van der Waals surface area contributed by atoms with E-state index in [9.17, 15) is 19.8 Å². The Kier molecular flexibility index (Phi) is 63.5. The summed E-state index contributed by atoms with van der Waals surface area (Å²) in [4.78, 5) is 24.5. The Morgan fingerprint density at radius 3 is 1.07 bits per heavy atom. The average Bonchev–Trinajstić information content (AvgIpc) is 3.42. The number of aliphatic hydroxyl groups is 2. The van der Waals surface area contributed by atoms with Gasteiger partial charge in [-0.1, -0.05) is 313 Å². The second-order valence-electron chi connectivity index (χ2n) is 23.1. The Morgan fingerprint density at radius 2 is 0.684 bits per heavy atom. The third-order valence-corrected chi connectivity index (χ3v) is 15.5. The van der Waals surface area contributed by atoms with Crippen LogP contribution in [0.4, 0.5) is 0 Å². The molecule has 0 aromatic rings. The zero-order chi connectivity index (χ0) is 55.0. The SMILES string of the molecule is CCC/C=C\C/C=C\CCCCCCCC(=O)OCCCCCCCCCCCCCC/C=C\CCCCCCCCCCCCCCCCCC(=O)NC(CO)C(O)/C=C/CCCCCCCCCCCCCCC. The zero-order valence-corrected chi connectivity index (χ0v) is 51.0. The van der Waals surface area contributed by atoms with Gasteiger partial charge in [0.2, 0.25) is 5.91 Å². The number of esters is 1. The molecule has 0 aromatic heterocycles. The normalized spacial score (nSPS) is 12.8. The molecule has 6 heteroatoms. The van der Waals surface area contributed by atoms with Crippen molar-refractivity contribution in [2.75, 3.05) is 13.2 Å². The fraction of sp³-hybridized carbons (Fsp3) is 0.857. The average molecular weight is 1070 g/mol. The van der Waals surface area contributed by atoms with E-state index in [1.807, 2.05) is 6.08 Å². The number of unbranched alkanes of at least 4 members (excludes halogenated alkanes) is 46. The first-order chi connectivity index (χ1) is 37.5. The molecular formula is C70H131NO5. The number of ether oxygens (including phenoxy) is 1. The molecule has 0 aliphatic rings.